The number of nitrogens with one attached hydrogen (secondary N) is 1. The van der Waals surface area contributed by atoms with Crippen LogP contribution in [0.25, 0.3) is 0 Å². The first kappa shape index (κ1) is 14.1. The highest BCUT2D eigenvalue weighted by Gasteiger charge is 2.08. The lowest BCUT2D eigenvalue weighted by Crippen LogP contribution is -2.23. The van der Waals surface area contributed by atoms with E-state index in [2.05, 4.69) is 29.8 Å². The molecule has 0 aliphatic heterocycles. The monoisotopic (exact) mass is 280 g/mol. The van der Waals surface area contributed by atoms with E-state index in [1.807, 2.05) is 18.3 Å². The lowest BCUT2D eigenvalue weighted by atomic mass is 10.2. The molecule has 102 valence electrons. The highest BCUT2D eigenvalue weighted by Crippen LogP contribution is 2.21. The lowest BCUT2D eigenvalue weighted by molar-refractivity contribution is 0.563. The molecule has 1 aromatic carbocycles. The van der Waals surface area contributed by atoms with Crippen LogP contribution in [0.3, 0.4) is 0 Å². The Kier molecular flexibility index (Phi) is 4.61. The lowest BCUT2D eigenvalue weighted by Gasteiger charge is -2.13. The Bertz CT molecular complexity index is 549. The molecule has 2 nitrogen and oxygen atoms in total. The van der Waals surface area contributed by atoms with Crippen molar-refractivity contribution in [1.29, 1.82) is 0 Å². The van der Waals surface area contributed by atoms with E-state index in [4.69, 9.17) is 11.6 Å². The third-order valence-corrected chi connectivity index (χ3v) is 3.41. The zero-order valence-electron chi connectivity index (χ0n) is 11.2. The van der Waals surface area contributed by atoms with Crippen LogP contribution in [0.2, 0.25) is 5.02 Å². The zero-order valence-corrected chi connectivity index (χ0v) is 11.9. The summed E-state index contributed by atoms with van der Waals surface area (Å²) < 4.78 is 15.5. The van der Waals surface area contributed by atoms with E-state index >= 15 is 0 Å². The first-order valence-electron chi connectivity index (χ1n) is 6.38. The Morgan fingerprint density at radius 2 is 2.05 bits per heavy atom. The summed E-state index contributed by atoms with van der Waals surface area (Å²) in [5.41, 5.74) is 1.96. The minimum Gasteiger partial charge on any atom is -0.346 e. The number of hydrogen-bond donors (Lipinski definition) is 1. The first-order chi connectivity index (χ1) is 9.08. The molecule has 4 heteroatoms. The van der Waals surface area contributed by atoms with Crippen molar-refractivity contribution >= 4 is 11.6 Å². The van der Waals surface area contributed by atoms with Crippen molar-refractivity contribution in [1.82, 2.24) is 9.88 Å². The molecule has 0 spiro atoms. The van der Waals surface area contributed by atoms with E-state index in [0.29, 0.717) is 12.6 Å². The molecule has 2 aromatic rings. The molecule has 19 heavy (non-hydrogen) atoms. The molecule has 0 unspecified atom stereocenters. The van der Waals surface area contributed by atoms with E-state index in [9.17, 15) is 4.39 Å². The van der Waals surface area contributed by atoms with Crippen LogP contribution in [0.5, 0.6) is 0 Å². The van der Waals surface area contributed by atoms with Gasteiger partial charge in [0.05, 0.1) is 5.02 Å². The van der Waals surface area contributed by atoms with Crippen LogP contribution in [-0.2, 0) is 13.1 Å². The van der Waals surface area contributed by atoms with Crippen molar-refractivity contribution in [3.05, 3.63) is 58.6 Å². The number of nitrogens with zero attached hydrogens (tertiary/aromatic N) is 1. The van der Waals surface area contributed by atoms with Crippen molar-refractivity contribution < 1.29 is 4.39 Å². The van der Waals surface area contributed by atoms with Gasteiger partial charge < -0.3 is 9.88 Å². The van der Waals surface area contributed by atoms with E-state index in [0.717, 1.165) is 17.8 Å². The van der Waals surface area contributed by atoms with Crippen LogP contribution in [0.4, 0.5) is 4.39 Å². The van der Waals surface area contributed by atoms with Gasteiger partial charge in [0.1, 0.15) is 5.82 Å². The Morgan fingerprint density at radius 1 is 1.26 bits per heavy atom. The second-order valence-corrected chi connectivity index (χ2v) is 5.25. The average Bonchev–Trinajstić information content (AvgIpc) is 2.80. The van der Waals surface area contributed by atoms with Crippen molar-refractivity contribution in [2.45, 2.75) is 33.0 Å². The standard InChI is InChI=1S/C15H18ClFN2/c1-11(2)18-9-13-6-4-8-19(13)10-12-5-3-7-14(17)15(12)16/h3-8,11,18H,9-10H2,1-2H3. The van der Waals surface area contributed by atoms with Crippen molar-refractivity contribution in [3.8, 4) is 0 Å². The molecule has 0 radical (unpaired) electrons. The maximum Gasteiger partial charge on any atom is 0.142 e. The Labute approximate surface area is 118 Å². The van der Waals surface area contributed by atoms with Crippen LogP contribution in [0.15, 0.2) is 36.5 Å². The van der Waals surface area contributed by atoms with Gasteiger partial charge in [-0.15, -0.1) is 0 Å². The van der Waals surface area contributed by atoms with Gasteiger partial charge in [0.25, 0.3) is 0 Å². The number of aromatic nitrogens is 1. The van der Waals surface area contributed by atoms with Crippen LogP contribution in [0, 0.1) is 5.82 Å². The average molecular weight is 281 g/mol. The third-order valence-electron chi connectivity index (χ3n) is 2.99. The molecule has 0 fully saturated rings. The Morgan fingerprint density at radius 3 is 2.79 bits per heavy atom. The number of halogens is 2. The molecule has 2 rings (SSSR count). The smallest absolute Gasteiger partial charge is 0.142 e. The van der Waals surface area contributed by atoms with Gasteiger partial charge in [-0.3, -0.25) is 0 Å². The van der Waals surface area contributed by atoms with Crippen molar-refractivity contribution in [3.63, 3.8) is 0 Å². The van der Waals surface area contributed by atoms with Crippen LogP contribution >= 0.6 is 11.6 Å². The Hall–Kier alpha value is -1.32. The van der Waals surface area contributed by atoms with Gasteiger partial charge >= 0.3 is 0 Å². The molecular weight excluding hydrogens is 263 g/mol. The van der Waals surface area contributed by atoms with E-state index in [1.165, 1.54) is 6.07 Å². The summed E-state index contributed by atoms with van der Waals surface area (Å²) in [7, 11) is 0. The summed E-state index contributed by atoms with van der Waals surface area (Å²) >= 11 is 5.99. The van der Waals surface area contributed by atoms with Gasteiger partial charge in [-0.25, -0.2) is 4.39 Å². The van der Waals surface area contributed by atoms with E-state index < -0.39 is 0 Å². The van der Waals surface area contributed by atoms with Crippen LogP contribution in [0.1, 0.15) is 25.1 Å². The molecule has 0 atom stereocenters. The summed E-state index contributed by atoms with van der Waals surface area (Å²) in [5, 5.41) is 3.58. The third kappa shape index (κ3) is 3.58. The fraction of sp³-hybridized carbons (Fsp3) is 0.333. The highest BCUT2D eigenvalue weighted by atomic mass is 35.5. The first-order valence-corrected chi connectivity index (χ1v) is 6.76. The minimum absolute atomic E-state index is 0.207. The number of rotatable bonds is 5. The van der Waals surface area contributed by atoms with Crippen LogP contribution in [-0.4, -0.2) is 10.6 Å². The second-order valence-electron chi connectivity index (χ2n) is 4.88. The molecule has 0 saturated heterocycles. The van der Waals surface area contributed by atoms with Gasteiger partial charge in [-0.2, -0.15) is 0 Å². The fourth-order valence-corrected chi connectivity index (χ4v) is 2.11. The van der Waals surface area contributed by atoms with E-state index in [-0.39, 0.29) is 10.8 Å². The molecule has 1 N–H and O–H groups in total. The van der Waals surface area contributed by atoms with Gasteiger partial charge in [0.2, 0.25) is 0 Å². The summed E-state index contributed by atoms with van der Waals surface area (Å²) in [6.45, 7) is 5.59. The molecule has 0 saturated carbocycles. The maximum absolute atomic E-state index is 13.4. The van der Waals surface area contributed by atoms with Crippen molar-refractivity contribution in [2.24, 2.45) is 0 Å². The normalized spacial score (nSPS) is 11.2. The summed E-state index contributed by atoms with van der Waals surface area (Å²) in [6, 6.07) is 9.40. The summed E-state index contributed by atoms with van der Waals surface area (Å²) in [5.74, 6) is -0.367. The minimum atomic E-state index is -0.367. The number of benzene rings is 1. The van der Waals surface area contributed by atoms with E-state index in [1.54, 1.807) is 6.07 Å². The largest absolute Gasteiger partial charge is 0.346 e. The maximum atomic E-state index is 13.4. The second kappa shape index (κ2) is 6.22. The number of hydrogen-bond acceptors (Lipinski definition) is 1. The summed E-state index contributed by atoms with van der Waals surface area (Å²) in [4.78, 5) is 0. The molecular formula is C15H18ClFN2. The van der Waals surface area contributed by atoms with Crippen molar-refractivity contribution in [2.75, 3.05) is 0 Å². The van der Waals surface area contributed by atoms with Gasteiger partial charge in [0.15, 0.2) is 0 Å². The summed E-state index contributed by atoms with van der Waals surface area (Å²) in [6.07, 6.45) is 1.98. The molecule has 0 aliphatic rings. The van der Waals surface area contributed by atoms with Crippen LogP contribution < -0.4 is 5.32 Å². The topological polar surface area (TPSA) is 17.0 Å². The molecule has 0 aliphatic carbocycles. The van der Waals surface area contributed by atoms with Gasteiger partial charge in [0, 0.05) is 31.0 Å². The predicted octanol–water partition coefficient (Wildman–Crippen LogP) is 3.83. The molecule has 1 aromatic heterocycles. The van der Waals surface area contributed by atoms with Gasteiger partial charge in [-0.05, 0) is 23.8 Å². The SMILES string of the molecule is CC(C)NCc1cccn1Cc1cccc(F)c1Cl. The predicted molar refractivity (Wildman–Crippen MR) is 76.9 cm³/mol. The molecule has 0 amide bonds. The fourth-order valence-electron chi connectivity index (χ4n) is 1.93. The van der Waals surface area contributed by atoms with Gasteiger partial charge in [-0.1, -0.05) is 37.6 Å². The molecule has 0 bridgehead atoms. The Balaban J connectivity index is 2.15. The quantitative estimate of drug-likeness (QED) is 0.881. The highest BCUT2D eigenvalue weighted by molar-refractivity contribution is 6.31. The zero-order chi connectivity index (χ0) is 13.8. The molecule has 1 heterocycles.